The number of nitrogens with one attached hydrogen (secondary N) is 1. The van der Waals surface area contributed by atoms with Crippen LogP contribution in [0, 0.1) is 23.7 Å². The highest BCUT2D eigenvalue weighted by molar-refractivity contribution is 4.97. The molecule has 0 spiro atoms. The van der Waals surface area contributed by atoms with Gasteiger partial charge in [-0.25, -0.2) is 0 Å². The van der Waals surface area contributed by atoms with Crippen LogP contribution in [0.3, 0.4) is 0 Å². The summed E-state index contributed by atoms with van der Waals surface area (Å²) in [5, 5.41) is 3.60. The largest absolute Gasteiger partial charge is 0.316 e. The Morgan fingerprint density at radius 2 is 1.42 bits per heavy atom. The van der Waals surface area contributed by atoms with Gasteiger partial charge in [-0.1, -0.05) is 12.8 Å². The van der Waals surface area contributed by atoms with Crippen molar-refractivity contribution in [1.82, 2.24) is 5.32 Å². The summed E-state index contributed by atoms with van der Waals surface area (Å²) in [6.45, 7) is 2.66. The lowest BCUT2D eigenvalue weighted by Crippen LogP contribution is -2.31. The smallest absolute Gasteiger partial charge is 0.00175 e. The van der Waals surface area contributed by atoms with Crippen molar-refractivity contribution in [2.24, 2.45) is 23.7 Å². The molecular formula is C11H19N. The van der Waals surface area contributed by atoms with Crippen LogP contribution < -0.4 is 5.32 Å². The number of hydrogen-bond donors (Lipinski definition) is 1. The Balaban J connectivity index is 1.83. The topological polar surface area (TPSA) is 12.0 Å². The lowest BCUT2D eigenvalue weighted by molar-refractivity contribution is 0.220. The van der Waals surface area contributed by atoms with E-state index in [2.05, 4.69) is 5.32 Å². The molecule has 3 rings (SSSR count). The van der Waals surface area contributed by atoms with Crippen LogP contribution in [0.2, 0.25) is 0 Å². The van der Waals surface area contributed by atoms with Crippen molar-refractivity contribution in [2.75, 3.05) is 13.1 Å². The van der Waals surface area contributed by atoms with Gasteiger partial charge in [0.15, 0.2) is 0 Å². The van der Waals surface area contributed by atoms with Crippen molar-refractivity contribution < 1.29 is 0 Å². The minimum atomic E-state index is 1.06. The maximum atomic E-state index is 3.60. The molecular weight excluding hydrogens is 146 g/mol. The zero-order valence-corrected chi connectivity index (χ0v) is 7.76. The Kier molecular flexibility index (Phi) is 1.68. The Morgan fingerprint density at radius 3 is 2.00 bits per heavy atom. The van der Waals surface area contributed by atoms with E-state index in [0.717, 1.165) is 23.7 Å². The van der Waals surface area contributed by atoms with Crippen LogP contribution in [0.4, 0.5) is 0 Å². The summed E-state index contributed by atoms with van der Waals surface area (Å²) in [5.41, 5.74) is 0. The fourth-order valence-corrected chi connectivity index (χ4v) is 4.02. The average molecular weight is 165 g/mol. The molecule has 3 fully saturated rings. The first-order valence-electron chi connectivity index (χ1n) is 5.66. The Hall–Kier alpha value is -0.0400. The highest BCUT2D eigenvalue weighted by Crippen LogP contribution is 2.50. The molecule has 4 atom stereocenters. The molecule has 1 heterocycles. The number of fused-ring (bicyclic) bond motifs is 5. The molecule has 12 heavy (non-hydrogen) atoms. The second-order valence-electron chi connectivity index (χ2n) is 5.03. The molecule has 0 radical (unpaired) electrons. The first-order chi connectivity index (χ1) is 5.95. The summed E-state index contributed by atoms with van der Waals surface area (Å²) in [5.74, 6) is 4.38. The van der Waals surface area contributed by atoms with Crippen molar-refractivity contribution in [3.8, 4) is 0 Å². The van der Waals surface area contributed by atoms with Gasteiger partial charge in [0.05, 0.1) is 0 Å². The third kappa shape index (κ3) is 0.953. The normalized spacial score (nSPS) is 52.0. The minimum Gasteiger partial charge on any atom is -0.316 e. The fourth-order valence-electron chi connectivity index (χ4n) is 4.02. The van der Waals surface area contributed by atoms with E-state index in [4.69, 9.17) is 0 Å². The third-order valence-corrected chi connectivity index (χ3v) is 4.50. The van der Waals surface area contributed by atoms with Gasteiger partial charge in [-0.15, -0.1) is 0 Å². The van der Waals surface area contributed by atoms with E-state index in [-0.39, 0.29) is 0 Å². The molecule has 2 aliphatic carbocycles. The predicted molar refractivity (Wildman–Crippen MR) is 49.9 cm³/mol. The van der Waals surface area contributed by atoms with E-state index in [1.54, 1.807) is 19.3 Å². The second kappa shape index (κ2) is 2.73. The van der Waals surface area contributed by atoms with E-state index < -0.39 is 0 Å². The van der Waals surface area contributed by atoms with E-state index >= 15 is 0 Å². The summed E-state index contributed by atoms with van der Waals surface area (Å²) < 4.78 is 0. The fraction of sp³-hybridized carbons (Fsp3) is 1.00. The SMILES string of the molecule is C1CCC2C3CNCC(C3)C2C1. The zero-order chi connectivity index (χ0) is 7.97. The molecule has 1 heteroatoms. The van der Waals surface area contributed by atoms with Crippen molar-refractivity contribution in [2.45, 2.75) is 32.1 Å². The first kappa shape index (κ1) is 7.37. The molecule has 1 aliphatic heterocycles. The van der Waals surface area contributed by atoms with Crippen LogP contribution in [0.5, 0.6) is 0 Å². The molecule has 2 saturated carbocycles. The third-order valence-electron chi connectivity index (χ3n) is 4.50. The molecule has 3 aliphatic rings. The summed E-state index contributed by atoms with van der Waals surface area (Å²) in [4.78, 5) is 0. The number of hydrogen-bond acceptors (Lipinski definition) is 1. The molecule has 1 saturated heterocycles. The van der Waals surface area contributed by atoms with Gasteiger partial charge in [-0.3, -0.25) is 0 Å². The van der Waals surface area contributed by atoms with Gasteiger partial charge in [0.2, 0.25) is 0 Å². The maximum Gasteiger partial charge on any atom is -0.00175 e. The molecule has 2 bridgehead atoms. The van der Waals surface area contributed by atoms with Crippen molar-refractivity contribution in [3.05, 3.63) is 0 Å². The standard InChI is InChI=1S/C11H19N/c1-2-4-11-9-5-8(6-12-7-9)10(11)3-1/h8-12H,1-7H2. The summed E-state index contributed by atoms with van der Waals surface area (Å²) >= 11 is 0. The van der Waals surface area contributed by atoms with Crippen LogP contribution in [-0.4, -0.2) is 13.1 Å². The minimum absolute atomic E-state index is 1.06. The molecule has 0 aromatic rings. The first-order valence-corrected chi connectivity index (χ1v) is 5.66. The molecule has 1 N–H and O–H groups in total. The molecule has 1 nitrogen and oxygen atoms in total. The van der Waals surface area contributed by atoms with Gasteiger partial charge in [-0.2, -0.15) is 0 Å². The molecule has 68 valence electrons. The molecule has 0 amide bonds. The molecule has 0 aromatic carbocycles. The lowest BCUT2D eigenvalue weighted by atomic mass is 9.77. The lowest BCUT2D eigenvalue weighted by Gasteiger charge is -2.28. The van der Waals surface area contributed by atoms with Crippen LogP contribution in [0.25, 0.3) is 0 Å². The van der Waals surface area contributed by atoms with Gasteiger partial charge < -0.3 is 5.32 Å². The number of rotatable bonds is 0. The van der Waals surface area contributed by atoms with E-state index in [9.17, 15) is 0 Å². The Morgan fingerprint density at radius 1 is 0.833 bits per heavy atom. The maximum absolute atomic E-state index is 3.60. The van der Waals surface area contributed by atoms with Gasteiger partial charge in [-0.05, 0) is 56.0 Å². The monoisotopic (exact) mass is 165 g/mol. The van der Waals surface area contributed by atoms with Gasteiger partial charge in [0, 0.05) is 0 Å². The summed E-state index contributed by atoms with van der Waals surface area (Å²) in [7, 11) is 0. The van der Waals surface area contributed by atoms with Gasteiger partial charge in [0.25, 0.3) is 0 Å². The Labute approximate surface area is 74.9 Å². The van der Waals surface area contributed by atoms with E-state index in [1.807, 2.05) is 0 Å². The van der Waals surface area contributed by atoms with Gasteiger partial charge >= 0.3 is 0 Å². The van der Waals surface area contributed by atoms with Crippen molar-refractivity contribution in [3.63, 3.8) is 0 Å². The van der Waals surface area contributed by atoms with Crippen LogP contribution >= 0.6 is 0 Å². The van der Waals surface area contributed by atoms with E-state index in [1.165, 1.54) is 25.9 Å². The zero-order valence-electron chi connectivity index (χ0n) is 7.76. The summed E-state index contributed by atoms with van der Waals surface area (Å²) in [6.07, 6.45) is 7.69. The van der Waals surface area contributed by atoms with Crippen molar-refractivity contribution >= 4 is 0 Å². The molecule has 0 aromatic heterocycles. The second-order valence-corrected chi connectivity index (χ2v) is 5.03. The summed E-state index contributed by atoms with van der Waals surface area (Å²) in [6, 6.07) is 0. The van der Waals surface area contributed by atoms with Gasteiger partial charge in [0.1, 0.15) is 0 Å². The van der Waals surface area contributed by atoms with Crippen LogP contribution in [0.1, 0.15) is 32.1 Å². The van der Waals surface area contributed by atoms with Crippen molar-refractivity contribution in [1.29, 1.82) is 0 Å². The quantitative estimate of drug-likeness (QED) is 0.579. The van der Waals surface area contributed by atoms with Crippen LogP contribution in [-0.2, 0) is 0 Å². The highest BCUT2D eigenvalue weighted by atomic mass is 14.9. The number of piperidine rings is 1. The van der Waals surface area contributed by atoms with Crippen LogP contribution in [0.15, 0.2) is 0 Å². The molecule has 4 unspecified atom stereocenters. The van der Waals surface area contributed by atoms with E-state index in [0.29, 0.717) is 0 Å². The highest BCUT2D eigenvalue weighted by Gasteiger charge is 2.45. The Bertz CT molecular complexity index is 160. The predicted octanol–water partition coefficient (Wildman–Crippen LogP) is 2.03. The average Bonchev–Trinajstić information content (AvgIpc) is 2.41.